The summed E-state index contributed by atoms with van der Waals surface area (Å²) in [4.78, 5) is 12.4. The Morgan fingerprint density at radius 3 is 2.68 bits per heavy atom. The first-order valence-electron chi connectivity index (χ1n) is 7.15. The van der Waals surface area contributed by atoms with Crippen LogP contribution in [0.4, 0.5) is 5.13 Å². The molecule has 0 saturated heterocycles. The summed E-state index contributed by atoms with van der Waals surface area (Å²) in [6.07, 6.45) is 0. The van der Waals surface area contributed by atoms with Crippen LogP contribution in [0.25, 0.3) is 0 Å². The normalized spacial score (nSPS) is 12.0. The van der Waals surface area contributed by atoms with Gasteiger partial charge in [0.2, 0.25) is 5.13 Å². The second-order valence-electron chi connectivity index (χ2n) is 4.49. The number of rotatable bonds is 8. The van der Waals surface area contributed by atoms with E-state index in [4.69, 9.17) is 4.74 Å². The number of ketones is 1. The molecule has 0 amide bonds. The van der Waals surface area contributed by atoms with Gasteiger partial charge in [0, 0.05) is 12.1 Å². The Bertz CT molecular complexity index is 614. The Kier molecular flexibility index (Phi) is 6.21. The molecule has 22 heavy (non-hydrogen) atoms. The smallest absolute Gasteiger partial charge is 0.206 e. The summed E-state index contributed by atoms with van der Waals surface area (Å²) in [5.74, 6) is 0.854. The van der Waals surface area contributed by atoms with E-state index in [2.05, 4.69) is 15.5 Å². The second-order valence-corrected chi connectivity index (χ2v) is 7.05. The van der Waals surface area contributed by atoms with Gasteiger partial charge < -0.3 is 10.1 Å². The molecule has 2 aromatic rings. The molecule has 0 fully saturated rings. The van der Waals surface area contributed by atoms with Crippen LogP contribution in [-0.2, 0) is 0 Å². The van der Waals surface area contributed by atoms with E-state index >= 15 is 0 Å². The Balaban J connectivity index is 1.98. The van der Waals surface area contributed by atoms with Gasteiger partial charge in [0.15, 0.2) is 10.1 Å². The number of hydrogen-bond acceptors (Lipinski definition) is 7. The first kappa shape index (κ1) is 16.8. The molecule has 1 N–H and O–H groups in total. The molecule has 5 nitrogen and oxygen atoms in total. The fourth-order valence-electron chi connectivity index (χ4n) is 1.80. The minimum Gasteiger partial charge on any atom is -0.494 e. The molecule has 1 aromatic heterocycles. The average Bonchev–Trinajstić information content (AvgIpc) is 2.95. The number of hydrogen-bond donors (Lipinski definition) is 1. The maximum absolute atomic E-state index is 12.4. The van der Waals surface area contributed by atoms with E-state index < -0.39 is 0 Å². The molecule has 0 bridgehead atoms. The number of ether oxygens (including phenoxy) is 1. The van der Waals surface area contributed by atoms with Crippen molar-refractivity contribution in [2.24, 2.45) is 0 Å². The molecule has 1 atom stereocenters. The molecule has 0 saturated carbocycles. The van der Waals surface area contributed by atoms with Crippen molar-refractivity contribution < 1.29 is 9.53 Å². The Morgan fingerprint density at radius 1 is 1.32 bits per heavy atom. The lowest BCUT2D eigenvalue weighted by Crippen LogP contribution is -2.13. The zero-order valence-electron chi connectivity index (χ0n) is 12.8. The molecule has 0 aliphatic carbocycles. The maximum Gasteiger partial charge on any atom is 0.206 e. The van der Waals surface area contributed by atoms with Crippen molar-refractivity contribution >= 4 is 34.0 Å². The van der Waals surface area contributed by atoms with Crippen LogP contribution in [0.15, 0.2) is 28.6 Å². The Morgan fingerprint density at radius 2 is 2.05 bits per heavy atom. The SMILES string of the molecule is CCNc1nnc(S[C@@H](C)C(=O)c2ccc(OCC)cc2)s1. The molecule has 118 valence electrons. The molecule has 0 unspecified atom stereocenters. The molecule has 2 rings (SSSR count). The van der Waals surface area contributed by atoms with Crippen LogP contribution >= 0.6 is 23.1 Å². The third-order valence-electron chi connectivity index (χ3n) is 2.83. The molecule has 0 radical (unpaired) electrons. The number of thioether (sulfide) groups is 1. The van der Waals surface area contributed by atoms with E-state index in [9.17, 15) is 4.79 Å². The number of nitrogens with zero attached hydrogens (tertiary/aromatic N) is 2. The lowest BCUT2D eigenvalue weighted by Gasteiger charge is -2.09. The largest absolute Gasteiger partial charge is 0.494 e. The highest BCUT2D eigenvalue weighted by Crippen LogP contribution is 2.30. The molecule has 0 aliphatic rings. The molecule has 1 aromatic carbocycles. The van der Waals surface area contributed by atoms with Gasteiger partial charge in [-0.05, 0) is 45.0 Å². The van der Waals surface area contributed by atoms with Crippen LogP contribution in [0.2, 0.25) is 0 Å². The first-order chi connectivity index (χ1) is 10.6. The van der Waals surface area contributed by atoms with Crippen molar-refractivity contribution in [1.82, 2.24) is 10.2 Å². The van der Waals surface area contributed by atoms with Crippen molar-refractivity contribution in [1.29, 1.82) is 0 Å². The third kappa shape index (κ3) is 4.45. The third-order valence-corrected chi connectivity index (χ3v) is 4.90. The van der Waals surface area contributed by atoms with Crippen LogP contribution < -0.4 is 10.1 Å². The number of nitrogens with one attached hydrogen (secondary N) is 1. The van der Waals surface area contributed by atoms with Gasteiger partial charge in [0.05, 0.1) is 11.9 Å². The van der Waals surface area contributed by atoms with E-state index in [1.807, 2.05) is 32.9 Å². The standard InChI is InChI=1S/C15H19N3O2S2/c1-4-16-14-17-18-15(22-14)21-10(3)13(19)11-6-8-12(9-7-11)20-5-2/h6-10H,4-5H2,1-3H3,(H,16,17)/t10-/m0/s1. The monoisotopic (exact) mass is 337 g/mol. The lowest BCUT2D eigenvalue weighted by molar-refractivity contribution is 0.0994. The number of Topliss-reactive ketones (excluding diaryl/α,β-unsaturated/α-hetero) is 1. The van der Waals surface area contributed by atoms with Crippen LogP contribution in [0, 0.1) is 0 Å². The minimum absolute atomic E-state index is 0.0771. The van der Waals surface area contributed by atoms with Gasteiger partial charge in [-0.2, -0.15) is 0 Å². The second kappa shape index (κ2) is 8.14. The summed E-state index contributed by atoms with van der Waals surface area (Å²) >= 11 is 2.90. The molecular formula is C15H19N3O2S2. The van der Waals surface area contributed by atoms with E-state index in [1.54, 1.807) is 12.1 Å². The predicted molar refractivity (Wildman–Crippen MR) is 91.3 cm³/mol. The van der Waals surface area contributed by atoms with E-state index in [1.165, 1.54) is 23.1 Å². The van der Waals surface area contributed by atoms with Gasteiger partial charge in [-0.25, -0.2) is 0 Å². The summed E-state index contributed by atoms with van der Waals surface area (Å²) in [5.41, 5.74) is 0.680. The summed E-state index contributed by atoms with van der Waals surface area (Å²) in [6, 6.07) is 7.24. The highest BCUT2D eigenvalue weighted by atomic mass is 32.2. The topological polar surface area (TPSA) is 64.1 Å². The van der Waals surface area contributed by atoms with Gasteiger partial charge in [-0.1, -0.05) is 23.1 Å². The first-order valence-corrected chi connectivity index (χ1v) is 8.84. The number of carbonyl (C=O) groups is 1. The zero-order valence-corrected chi connectivity index (χ0v) is 14.5. The number of carbonyl (C=O) groups excluding carboxylic acids is 1. The van der Waals surface area contributed by atoms with Gasteiger partial charge in [0.25, 0.3) is 0 Å². The van der Waals surface area contributed by atoms with Crippen molar-refractivity contribution in [2.75, 3.05) is 18.5 Å². The lowest BCUT2D eigenvalue weighted by atomic mass is 10.1. The van der Waals surface area contributed by atoms with Crippen molar-refractivity contribution in [2.45, 2.75) is 30.4 Å². The predicted octanol–water partition coefficient (Wildman–Crippen LogP) is 3.73. The van der Waals surface area contributed by atoms with Gasteiger partial charge in [-0.3, -0.25) is 4.79 Å². The fraction of sp³-hybridized carbons (Fsp3) is 0.400. The number of anilines is 1. The van der Waals surface area contributed by atoms with E-state index in [-0.39, 0.29) is 11.0 Å². The number of benzene rings is 1. The van der Waals surface area contributed by atoms with E-state index in [0.29, 0.717) is 12.2 Å². The van der Waals surface area contributed by atoms with Crippen LogP contribution in [0.5, 0.6) is 5.75 Å². The molecular weight excluding hydrogens is 318 g/mol. The highest BCUT2D eigenvalue weighted by molar-refractivity contribution is 8.02. The summed E-state index contributed by atoms with van der Waals surface area (Å²) in [7, 11) is 0. The minimum atomic E-state index is -0.208. The summed E-state index contributed by atoms with van der Waals surface area (Å²) in [5, 5.41) is 11.8. The molecule has 0 spiro atoms. The van der Waals surface area contributed by atoms with Gasteiger partial charge >= 0.3 is 0 Å². The molecule has 7 heteroatoms. The quantitative estimate of drug-likeness (QED) is 0.585. The van der Waals surface area contributed by atoms with Crippen molar-refractivity contribution in [3.05, 3.63) is 29.8 Å². The van der Waals surface area contributed by atoms with E-state index in [0.717, 1.165) is 21.8 Å². The van der Waals surface area contributed by atoms with Gasteiger partial charge in [0.1, 0.15) is 5.75 Å². The van der Waals surface area contributed by atoms with Crippen LogP contribution in [0.1, 0.15) is 31.1 Å². The van der Waals surface area contributed by atoms with Crippen LogP contribution in [-0.4, -0.2) is 34.4 Å². The zero-order chi connectivity index (χ0) is 15.9. The Hall–Kier alpha value is -1.60. The summed E-state index contributed by atoms with van der Waals surface area (Å²) in [6.45, 7) is 7.25. The van der Waals surface area contributed by atoms with Crippen LogP contribution in [0.3, 0.4) is 0 Å². The molecule has 1 heterocycles. The Labute approximate surface area is 138 Å². The van der Waals surface area contributed by atoms with Crippen molar-refractivity contribution in [3.63, 3.8) is 0 Å². The van der Waals surface area contributed by atoms with Gasteiger partial charge in [-0.15, -0.1) is 10.2 Å². The summed E-state index contributed by atoms with van der Waals surface area (Å²) < 4.78 is 6.18. The fourth-order valence-corrected chi connectivity index (χ4v) is 3.84. The molecule has 0 aliphatic heterocycles. The van der Waals surface area contributed by atoms with Crippen molar-refractivity contribution in [3.8, 4) is 5.75 Å². The average molecular weight is 337 g/mol. The highest BCUT2D eigenvalue weighted by Gasteiger charge is 2.18. The number of aromatic nitrogens is 2. The maximum atomic E-state index is 12.4.